The van der Waals surface area contributed by atoms with Gasteiger partial charge in [0.25, 0.3) is 5.91 Å². The first-order valence-electron chi connectivity index (χ1n) is 8.79. The zero-order valence-corrected chi connectivity index (χ0v) is 16.3. The van der Waals surface area contributed by atoms with Gasteiger partial charge in [0.1, 0.15) is 0 Å². The first-order chi connectivity index (χ1) is 11.9. The van der Waals surface area contributed by atoms with Crippen LogP contribution >= 0.6 is 11.3 Å². The molecule has 5 nitrogen and oxygen atoms in total. The fourth-order valence-corrected chi connectivity index (χ4v) is 3.75. The number of hydrogen-bond acceptors (Lipinski definition) is 4. The second kappa shape index (κ2) is 9.02. The predicted octanol–water partition coefficient (Wildman–Crippen LogP) is 2.22. The lowest BCUT2D eigenvalue weighted by Gasteiger charge is -2.36. The minimum atomic E-state index is -0.194. The Morgan fingerprint density at radius 3 is 2.68 bits per heavy atom. The third-order valence-corrected chi connectivity index (χ3v) is 5.35. The van der Waals surface area contributed by atoms with Crippen molar-refractivity contribution >= 4 is 28.2 Å². The van der Waals surface area contributed by atoms with Crippen LogP contribution in [0.5, 0.6) is 0 Å². The molecule has 1 aromatic heterocycles. The Labute approximate surface area is 154 Å². The molecule has 25 heavy (non-hydrogen) atoms. The molecule has 1 aliphatic rings. The Morgan fingerprint density at radius 1 is 1.36 bits per heavy atom. The topological polar surface area (TPSA) is 52.7 Å². The molecule has 1 saturated heterocycles. The number of anilines is 1. The van der Waals surface area contributed by atoms with Crippen LogP contribution in [-0.4, -0.2) is 55.3 Å². The van der Waals surface area contributed by atoms with E-state index < -0.39 is 0 Å². The molecule has 0 bridgehead atoms. The highest BCUT2D eigenvalue weighted by molar-refractivity contribution is 7.16. The van der Waals surface area contributed by atoms with E-state index in [2.05, 4.69) is 37.1 Å². The van der Waals surface area contributed by atoms with Crippen LogP contribution in [0.2, 0.25) is 0 Å². The molecule has 0 spiro atoms. The molecule has 1 fully saturated rings. The number of amides is 2. The number of rotatable bonds is 6. The van der Waals surface area contributed by atoms with E-state index in [4.69, 9.17) is 0 Å². The summed E-state index contributed by atoms with van der Waals surface area (Å²) in [7, 11) is 3.81. The van der Waals surface area contributed by atoms with Crippen LogP contribution in [0.25, 0.3) is 0 Å². The molecule has 0 saturated carbocycles. The van der Waals surface area contributed by atoms with E-state index in [-0.39, 0.29) is 17.7 Å². The van der Waals surface area contributed by atoms with Crippen molar-refractivity contribution in [2.24, 2.45) is 5.92 Å². The van der Waals surface area contributed by atoms with Crippen molar-refractivity contribution in [2.45, 2.75) is 33.1 Å². The highest BCUT2D eigenvalue weighted by Crippen LogP contribution is 2.29. The van der Waals surface area contributed by atoms with Gasteiger partial charge in [-0.15, -0.1) is 11.3 Å². The molecule has 0 atom stereocenters. The molecule has 2 heterocycles. The fraction of sp³-hybridized carbons (Fsp3) is 0.579. The molecule has 2 amide bonds. The standard InChI is InChI=1S/C19H27N3O2S/c1-5-8-14-11-17(25-16(14)6-2)20-19(24)15-12-22(13-15)18(23)9-7-10-21(3)4/h11,15H,5-6,8,10,12-13H2,1-4H3,(H,20,24). The molecule has 0 aliphatic carbocycles. The molecule has 6 heteroatoms. The largest absolute Gasteiger partial charge is 0.330 e. The molecule has 0 unspecified atom stereocenters. The molecule has 136 valence electrons. The Balaban J connectivity index is 1.83. The van der Waals surface area contributed by atoms with Gasteiger partial charge in [-0.1, -0.05) is 26.2 Å². The maximum Gasteiger partial charge on any atom is 0.298 e. The lowest BCUT2D eigenvalue weighted by molar-refractivity contribution is -0.136. The molecular formula is C19H27N3O2S. The Morgan fingerprint density at radius 2 is 2.08 bits per heavy atom. The molecule has 1 aromatic rings. The van der Waals surface area contributed by atoms with E-state index in [0.29, 0.717) is 19.6 Å². The third kappa shape index (κ3) is 5.32. The van der Waals surface area contributed by atoms with Crippen LogP contribution in [0.3, 0.4) is 0 Å². The van der Waals surface area contributed by atoms with Crippen molar-refractivity contribution in [3.05, 3.63) is 16.5 Å². The van der Waals surface area contributed by atoms with E-state index in [1.165, 1.54) is 10.4 Å². The number of hydrogen-bond donors (Lipinski definition) is 1. The zero-order valence-electron chi connectivity index (χ0n) is 15.5. The van der Waals surface area contributed by atoms with E-state index >= 15 is 0 Å². The van der Waals surface area contributed by atoms with E-state index in [1.54, 1.807) is 16.2 Å². The lowest BCUT2D eigenvalue weighted by atomic mass is 9.99. The van der Waals surface area contributed by atoms with Crippen molar-refractivity contribution in [2.75, 3.05) is 39.0 Å². The van der Waals surface area contributed by atoms with Gasteiger partial charge in [-0.05, 0) is 44.5 Å². The number of nitrogens with one attached hydrogen (secondary N) is 1. The molecule has 0 radical (unpaired) electrons. The Kier molecular flexibility index (Phi) is 7.03. The summed E-state index contributed by atoms with van der Waals surface area (Å²) in [6, 6.07) is 2.10. The lowest BCUT2D eigenvalue weighted by Crippen LogP contribution is -2.54. The van der Waals surface area contributed by atoms with Crippen LogP contribution in [0.15, 0.2) is 6.07 Å². The SMILES string of the molecule is CCCc1cc(NC(=O)C2CN(C(=O)C#CCN(C)C)C2)sc1CC. The van der Waals surface area contributed by atoms with Gasteiger partial charge in [-0.25, -0.2) is 0 Å². The maximum atomic E-state index is 12.3. The number of thiophene rings is 1. The van der Waals surface area contributed by atoms with Gasteiger partial charge < -0.3 is 10.2 Å². The molecule has 1 aliphatic heterocycles. The predicted molar refractivity (Wildman–Crippen MR) is 103 cm³/mol. The Hall–Kier alpha value is -1.84. The zero-order chi connectivity index (χ0) is 18.4. The highest BCUT2D eigenvalue weighted by atomic mass is 32.1. The third-order valence-electron chi connectivity index (χ3n) is 4.11. The number of nitrogens with zero attached hydrogens (tertiary/aromatic N) is 2. The van der Waals surface area contributed by atoms with Crippen molar-refractivity contribution in [3.63, 3.8) is 0 Å². The van der Waals surface area contributed by atoms with Crippen molar-refractivity contribution in [1.29, 1.82) is 0 Å². The number of likely N-dealkylation sites (tertiary alicyclic amines) is 1. The van der Waals surface area contributed by atoms with Crippen molar-refractivity contribution < 1.29 is 9.59 Å². The van der Waals surface area contributed by atoms with Gasteiger partial charge >= 0.3 is 0 Å². The smallest absolute Gasteiger partial charge is 0.298 e. The van der Waals surface area contributed by atoms with Gasteiger partial charge in [-0.2, -0.15) is 0 Å². The second-order valence-corrected chi connectivity index (χ2v) is 7.74. The summed E-state index contributed by atoms with van der Waals surface area (Å²) in [5, 5.41) is 3.93. The van der Waals surface area contributed by atoms with E-state index in [1.807, 2.05) is 19.0 Å². The van der Waals surface area contributed by atoms with E-state index in [0.717, 1.165) is 24.3 Å². The van der Waals surface area contributed by atoms with Crippen LogP contribution in [0.4, 0.5) is 5.00 Å². The molecule has 2 rings (SSSR count). The summed E-state index contributed by atoms with van der Waals surface area (Å²) >= 11 is 1.66. The fourth-order valence-electron chi connectivity index (χ4n) is 2.69. The minimum Gasteiger partial charge on any atom is -0.330 e. The normalized spacial score (nSPS) is 14.0. The van der Waals surface area contributed by atoms with Crippen LogP contribution in [0, 0.1) is 17.8 Å². The molecule has 1 N–H and O–H groups in total. The maximum absolute atomic E-state index is 12.3. The highest BCUT2D eigenvalue weighted by Gasteiger charge is 2.35. The molecular weight excluding hydrogens is 334 g/mol. The van der Waals surface area contributed by atoms with Crippen LogP contribution in [-0.2, 0) is 22.4 Å². The van der Waals surface area contributed by atoms with Crippen molar-refractivity contribution in [3.8, 4) is 11.8 Å². The summed E-state index contributed by atoms with van der Waals surface area (Å²) in [6.07, 6.45) is 3.14. The molecule has 0 aromatic carbocycles. The van der Waals surface area contributed by atoms with Gasteiger partial charge in [0.2, 0.25) is 5.91 Å². The quantitative estimate of drug-likeness (QED) is 0.791. The number of carbonyl (C=O) groups is 2. The summed E-state index contributed by atoms with van der Waals surface area (Å²) in [5.41, 5.74) is 1.34. The average Bonchev–Trinajstić information content (AvgIpc) is 2.87. The minimum absolute atomic E-state index is 0.00254. The van der Waals surface area contributed by atoms with Crippen LogP contribution in [0.1, 0.15) is 30.7 Å². The van der Waals surface area contributed by atoms with Crippen molar-refractivity contribution in [1.82, 2.24) is 9.80 Å². The summed E-state index contributed by atoms with van der Waals surface area (Å²) in [5.74, 6) is 5.12. The van der Waals surface area contributed by atoms with Gasteiger partial charge in [-0.3, -0.25) is 14.5 Å². The monoisotopic (exact) mass is 361 g/mol. The van der Waals surface area contributed by atoms with Gasteiger partial charge in [0, 0.05) is 18.0 Å². The first-order valence-corrected chi connectivity index (χ1v) is 9.61. The summed E-state index contributed by atoms with van der Waals surface area (Å²) in [4.78, 5) is 29.1. The average molecular weight is 362 g/mol. The second-order valence-electron chi connectivity index (χ2n) is 6.60. The Bertz CT molecular complexity index is 679. The first kappa shape index (κ1) is 19.5. The summed E-state index contributed by atoms with van der Waals surface area (Å²) < 4.78 is 0. The number of carbonyl (C=O) groups excluding carboxylic acids is 2. The van der Waals surface area contributed by atoms with Gasteiger partial charge in [0.05, 0.1) is 17.5 Å². The van der Waals surface area contributed by atoms with E-state index in [9.17, 15) is 9.59 Å². The van der Waals surface area contributed by atoms with Gasteiger partial charge in [0.15, 0.2) is 0 Å². The van der Waals surface area contributed by atoms with Crippen LogP contribution < -0.4 is 5.32 Å². The summed E-state index contributed by atoms with van der Waals surface area (Å²) in [6.45, 7) is 5.77. The number of aryl methyl sites for hydroxylation is 2.